The highest BCUT2D eigenvalue weighted by Crippen LogP contribution is 2.29. The monoisotopic (exact) mass is 263 g/mol. The average molecular weight is 264 g/mol. The van der Waals surface area contributed by atoms with Crippen molar-refractivity contribution in [3.8, 4) is 0 Å². The van der Waals surface area contributed by atoms with Crippen LogP contribution in [0.5, 0.6) is 0 Å². The van der Waals surface area contributed by atoms with E-state index in [9.17, 15) is 0 Å². The van der Waals surface area contributed by atoms with E-state index in [2.05, 4.69) is 33.3 Å². The van der Waals surface area contributed by atoms with E-state index in [1.807, 2.05) is 24.3 Å². The van der Waals surface area contributed by atoms with Gasteiger partial charge < -0.3 is 9.88 Å². The van der Waals surface area contributed by atoms with Crippen LogP contribution in [0.3, 0.4) is 0 Å². The van der Waals surface area contributed by atoms with Crippen molar-refractivity contribution in [3.63, 3.8) is 0 Å². The number of halogens is 1. The molecule has 2 rings (SSSR count). The summed E-state index contributed by atoms with van der Waals surface area (Å²) < 4.78 is 6.11. The number of benzene rings is 2. The first-order chi connectivity index (χ1) is 7.33. The zero-order chi connectivity index (χ0) is 10.7. The van der Waals surface area contributed by atoms with Gasteiger partial charge in [0, 0.05) is 22.7 Å². The van der Waals surface area contributed by atoms with Gasteiger partial charge in [-0.25, -0.2) is 0 Å². The lowest BCUT2D eigenvalue weighted by atomic mass is 10.1. The molecule has 0 fully saturated rings. The van der Waals surface area contributed by atoms with Gasteiger partial charge in [0.05, 0.1) is 0 Å². The third-order valence-electron chi connectivity index (χ3n) is 2.28. The summed E-state index contributed by atoms with van der Waals surface area (Å²) in [6.45, 7) is 0. The minimum absolute atomic E-state index is 0.519. The summed E-state index contributed by atoms with van der Waals surface area (Å²) in [6, 6.07) is 12.3. The molecule has 0 aliphatic carbocycles. The van der Waals surface area contributed by atoms with Crippen molar-refractivity contribution in [2.75, 3.05) is 12.3 Å². The lowest BCUT2D eigenvalue weighted by Crippen LogP contribution is -2.08. The molecule has 0 amide bonds. The molecule has 0 saturated heterocycles. The zero-order valence-electron chi connectivity index (χ0n) is 8.46. The molecule has 1 N–H and O–H groups in total. The second-order valence-corrected chi connectivity index (χ2v) is 4.10. The van der Waals surface area contributed by atoms with E-state index in [1.54, 1.807) is 7.11 Å². The topological polar surface area (TPSA) is 21.3 Å². The van der Waals surface area contributed by atoms with Gasteiger partial charge in [-0.3, -0.25) is 0 Å². The Labute approximate surface area is 98.1 Å². The number of anilines is 1. The first-order valence-corrected chi connectivity index (χ1v) is 5.52. The number of hydrogen-bond donors (Lipinski definition) is 1. The Morgan fingerprint density at radius 2 is 1.87 bits per heavy atom. The third kappa shape index (κ3) is 2.16. The van der Waals surface area contributed by atoms with Crippen molar-refractivity contribution in [1.82, 2.24) is 0 Å². The molecule has 2 aromatic carbocycles. The van der Waals surface area contributed by atoms with E-state index in [-0.39, 0.29) is 0 Å². The molecule has 0 heterocycles. The van der Waals surface area contributed by atoms with Crippen LogP contribution in [-0.2, 0) is 4.65 Å². The van der Waals surface area contributed by atoms with Crippen molar-refractivity contribution in [1.29, 1.82) is 0 Å². The summed E-state index contributed by atoms with van der Waals surface area (Å²) >= 11 is 3.54. The molecule has 0 aliphatic heterocycles. The normalized spacial score (nSPS) is 10.3. The molecule has 0 spiro atoms. The van der Waals surface area contributed by atoms with Gasteiger partial charge in [0.1, 0.15) is 0 Å². The minimum atomic E-state index is 0.519. The Bertz CT molecular complexity index is 475. The third-order valence-corrected chi connectivity index (χ3v) is 2.97. The van der Waals surface area contributed by atoms with Gasteiger partial charge in [-0.1, -0.05) is 40.2 Å². The Hall–Kier alpha value is -0.995. The van der Waals surface area contributed by atoms with Gasteiger partial charge in [-0.15, -0.1) is 0 Å². The maximum atomic E-state index is 5.00. The molecule has 0 aliphatic rings. The minimum Gasteiger partial charge on any atom is -0.422 e. The standard InChI is InChI=1S/C11H11BBrNO/c1-15-12-14-11-7-6-10(13)8-4-2-3-5-9(8)11/h2-7,12,14H,1H3. The highest BCUT2D eigenvalue weighted by atomic mass is 79.9. The van der Waals surface area contributed by atoms with Gasteiger partial charge in [0.2, 0.25) is 0 Å². The molecule has 0 bridgehead atoms. The molecule has 4 heteroatoms. The van der Waals surface area contributed by atoms with Crippen LogP contribution in [0, 0.1) is 0 Å². The van der Waals surface area contributed by atoms with Crippen LogP contribution in [-0.4, -0.2) is 14.7 Å². The maximum absolute atomic E-state index is 5.00. The van der Waals surface area contributed by atoms with Gasteiger partial charge in [-0.2, -0.15) is 0 Å². The fraction of sp³-hybridized carbons (Fsp3) is 0.0909. The largest absolute Gasteiger partial charge is 0.422 e. The maximum Gasteiger partial charge on any atom is 0.393 e. The van der Waals surface area contributed by atoms with E-state index in [0.29, 0.717) is 7.62 Å². The Kier molecular flexibility index (Phi) is 3.28. The first-order valence-electron chi connectivity index (χ1n) is 4.73. The van der Waals surface area contributed by atoms with Crippen LogP contribution in [0.4, 0.5) is 5.69 Å². The number of rotatable bonds is 3. The fourth-order valence-electron chi connectivity index (χ4n) is 1.57. The number of nitrogens with one attached hydrogen (secondary N) is 1. The number of hydrogen-bond acceptors (Lipinski definition) is 2. The van der Waals surface area contributed by atoms with E-state index >= 15 is 0 Å². The molecule has 15 heavy (non-hydrogen) atoms. The Morgan fingerprint density at radius 1 is 1.13 bits per heavy atom. The molecule has 0 radical (unpaired) electrons. The quantitative estimate of drug-likeness (QED) is 0.860. The van der Waals surface area contributed by atoms with Crippen LogP contribution in [0.15, 0.2) is 40.9 Å². The highest BCUT2D eigenvalue weighted by Gasteiger charge is 2.03. The van der Waals surface area contributed by atoms with Crippen LogP contribution in [0.25, 0.3) is 10.8 Å². The SMILES string of the molecule is COBNc1ccc(Br)c2ccccc12. The lowest BCUT2D eigenvalue weighted by molar-refractivity contribution is 0.446. The zero-order valence-corrected chi connectivity index (χ0v) is 10.0. The van der Waals surface area contributed by atoms with Crippen molar-refractivity contribution in [2.45, 2.75) is 0 Å². The molecule has 0 unspecified atom stereocenters. The van der Waals surface area contributed by atoms with Crippen LogP contribution < -0.4 is 5.23 Å². The molecule has 0 aromatic heterocycles. The predicted molar refractivity (Wildman–Crippen MR) is 69.4 cm³/mol. The average Bonchev–Trinajstić information content (AvgIpc) is 2.29. The van der Waals surface area contributed by atoms with E-state index in [0.717, 1.165) is 10.2 Å². The highest BCUT2D eigenvalue weighted by molar-refractivity contribution is 9.10. The van der Waals surface area contributed by atoms with Gasteiger partial charge in [0.25, 0.3) is 0 Å². The van der Waals surface area contributed by atoms with Crippen molar-refractivity contribution < 1.29 is 4.65 Å². The molecule has 2 aromatic rings. The van der Waals surface area contributed by atoms with Crippen LogP contribution in [0.2, 0.25) is 0 Å². The summed E-state index contributed by atoms with van der Waals surface area (Å²) in [6.07, 6.45) is 0. The van der Waals surface area contributed by atoms with Gasteiger partial charge in [0.15, 0.2) is 0 Å². The smallest absolute Gasteiger partial charge is 0.393 e. The van der Waals surface area contributed by atoms with Crippen molar-refractivity contribution in [2.24, 2.45) is 0 Å². The van der Waals surface area contributed by atoms with Gasteiger partial charge in [-0.05, 0) is 17.5 Å². The van der Waals surface area contributed by atoms with Crippen LogP contribution in [0.1, 0.15) is 0 Å². The molecular weight excluding hydrogens is 253 g/mol. The van der Waals surface area contributed by atoms with Crippen molar-refractivity contribution in [3.05, 3.63) is 40.9 Å². The van der Waals surface area contributed by atoms with Crippen molar-refractivity contribution >= 4 is 40.0 Å². The summed E-state index contributed by atoms with van der Waals surface area (Å²) in [5, 5.41) is 5.63. The molecule has 0 saturated carbocycles. The first kappa shape index (κ1) is 10.5. The molecule has 76 valence electrons. The summed E-state index contributed by atoms with van der Waals surface area (Å²) in [5.41, 5.74) is 1.09. The second-order valence-electron chi connectivity index (χ2n) is 3.25. The number of fused-ring (bicyclic) bond motifs is 1. The molecule has 0 atom stereocenters. The second kappa shape index (κ2) is 4.68. The predicted octanol–water partition coefficient (Wildman–Crippen LogP) is 2.93. The van der Waals surface area contributed by atoms with E-state index in [1.165, 1.54) is 10.8 Å². The summed E-state index contributed by atoms with van der Waals surface area (Å²) in [4.78, 5) is 0. The Balaban J connectivity index is 2.51. The van der Waals surface area contributed by atoms with Crippen LogP contribution >= 0.6 is 15.9 Å². The molecular formula is C11H11BBrNO. The summed E-state index contributed by atoms with van der Waals surface area (Å²) in [7, 11) is 2.19. The summed E-state index contributed by atoms with van der Waals surface area (Å²) in [5.74, 6) is 0. The Morgan fingerprint density at radius 3 is 2.60 bits per heavy atom. The van der Waals surface area contributed by atoms with E-state index in [4.69, 9.17) is 4.65 Å². The fourth-order valence-corrected chi connectivity index (χ4v) is 2.04. The lowest BCUT2D eigenvalue weighted by Gasteiger charge is -2.09. The van der Waals surface area contributed by atoms with Gasteiger partial charge >= 0.3 is 7.62 Å². The molecule has 2 nitrogen and oxygen atoms in total. The van der Waals surface area contributed by atoms with E-state index < -0.39 is 0 Å².